The summed E-state index contributed by atoms with van der Waals surface area (Å²) in [5.41, 5.74) is 7.06. The maximum Gasteiger partial charge on any atom is 0.340 e. The van der Waals surface area contributed by atoms with Crippen molar-refractivity contribution in [2.75, 3.05) is 19.5 Å². The number of methoxy groups -OCH3 is 1. The Hall–Kier alpha value is -2.30. The zero-order valence-corrected chi connectivity index (χ0v) is 10.3. The van der Waals surface area contributed by atoms with Gasteiger partial charge < -0.3 is 15.2 Å². The average molecular weight is 246 g/mol. The van der Waals surface area contributed by atoms with Crippen LogP contribution in [0, 0.1) is 0 Å². The predicted octanol–water partition coefficient (Wildman–Crippen LogP) is 2.00. The molecule has 0 spiro atoms. The van der Waals surface area contributed by atoms with E-state index in [0.29, 0.717) is 23.6 Å². The van der Waals surface area contributed by atoms with Crippen LogP contribution in [-0.2, 0) is 4.74 Å². The largest absolute Gasteiger partial charge is 0.493 e. The number of aromatic nitrogens is 1. The van der Waals surface area contributed by atoms with E-state index < -0.39 is 5.97 Å². The number of ether oxygens (including phenoxy) is 2. The molecular weight excluding hydrogens is 232 g/mol. The Balaban J connectivity index is 2.74. The highest BCUT2D eigenvalue weighted by Crippen LogP contribution is 2.32. The highest BCUT2D eigenvalue weighted by molar-refractivity contribution is 6.06. The number of hydrogen-bond acceptors (Lipinski definition) is 5. The third-order valence-electron chi connectivity index (χ3n) is 2.60. The molecule has 0 unspecified atom stereocenters. The van der Waals surface area contributed by atoms with Crippen molar-refractivity contribution in [3.8, 4) is 5.75 Å². The Labute approximate surface area is 105 Å². The van der Waals surface area contributed by atoms with Crippen molar-refractivity contribution in [1.82, 2.24) is 4.98 Å². The van der Waals surface area contributed by atoms with Crippen LogP contribution >= 0.6 is 0 Å². The molecule has 2 N–H and O–H groups in total. The maximum atomic E-state index is 11.6. The number of pyridine rings is 1. The Morgan fingerprint density at radius 3 is 2.94 bits per heavy atom. The van der Waals surface area contributed by atoms with Gasteiger partial charge in [0.05, 0.1) is 30.5 Å². The SMILES string of the molecule is CCOc1cc(C(=O)OC)c(N)c2ncccc12. The second kappa shape index (κ2) is 4.91. The van der Waals surface area contributed by atoms with Gasteiger partial charge in [0.1, 0.15) is 5.75 Å². The summed E-state index contributed by atoms with van der Waals surface area (Å²) in [4.78, 5) is 15.8. The molecule has 0 atom stereocenters. The lowest BCUT2D eigenvalue weighted by Gasteiger charge is -2.12. The fourth-order valence-electron chi connectivity index (χ4n) is 1.79. The number of esters is 1. The molecule has 0 radical (unpaired) electrons. The number of carbonyl (C=O) groups excluding carboxylic acids is 1. The number of carbonyl (C=O) groups is 1. The number of anilines is 1. The maximum absolute atomic E-state index is 11.6. The van der Waals surface area contributed by atoms with E-state index in [1.165, 1.54) is 7.11 Å². The number of benzene rings is 1. The minimum atomic E-state index is -0.499. The number of nitrogens with two attached hydrogens (primary N) is 1. The van der Waals surface area contributed by atoms with Crippen LogP contribution in [0.2, 0.25) is 0 Å². The molecule has 0 fully saturated rings. The van der Waals surface area contributed by atoms with Crippen LogP contribution in [0.3, 0.4) is 0 Å². The van der Waals surface area contributed by atoms with Crippen LogP contribution in [0.25, 0.3) is 10.9 Å². The second-order valence-corrected chi connectivity index (χ2v) is 3.66. The highest BCUT2D eigenvalue weighted by Gasteiger charge is 2.17. The van der Waals surface area contributed by atoms with Gasteiger partial charge in [-0.2, -0.15) is 0 Å². The van der Waals surface area contributed by atoms with Gasteiger partial charge in [-0.05, 0) is 25.1 Å². The quantitative estimate of drug-likeness (QED) is 0.662. The van der Waals surface area contributed by atoms with E-state index >= 15 is 0 Å². The Kier molecular flexibility index (Phi) is 3.32. The smallest absolute Gasteiger partial charge is 0.340 e. The fraction of sp³-hybridized carbons (Fsp3) is 0.231. The van der Waals surface area contributed by atoms with E-state index in [4.69, 9.17) is 15.2 Å². The summed E-state index contributed by atoms with van der Waals surface area (Å²) in [6.07, 6.45) is 1.62. The fourth-order valence-corrected chi connectivity index (χ4v) is 1.79. The molecule has 94 valence electrons. The van der Waals surface area contributed by atoms with Gasteiger partial charge in [-0.3, -0.25) is 4.98 Å². The lowest BCUT2D eigenvalue weighted by molar-refractivity contribution is 0.0601. The van der Waals surface area contributed by atoms with E-state index in [0.717, 1.165) is 5.39 Å². The summed E-state index contributed by atoms with van der Waals surface area (Å²) >= 11 is 0. The van der Waals surface area contributed by atoms with Crippen molar-refractivity contribution >= 4 is 22.6 Å². The van der Waals surface area contributed by atoms with Crippen molar-refractivity contribution in [2.45, 2.75) is 6.92 Å². The zero-order chi connectivity index (χ0) is 13.1. The van der Waals surface area contributed by atoms with Gasteiger partial charge in [0.2, 0.25) is 0 Å². The predicted molar refractivity (Wildman–Crippen MR) is 68.7 cm³/mol. The van der Waals surface area contributed by atoms with Gasteiger partial charge in [0.15, 0.2) is 0 Å². The average Bonchev–Trinajstić information content (AvgIpc) is 2.41. The molecule has 5 nitrogen and oxygen atoms in total. The minimum absolute atomic E-state index is 0.271. The van der Waals surface area contributed by atoms with Crippen LogP contribution in [0.1, 0.15) is 17.3 Å². The molecule has 2 aromatic rings. The lowest BCUT2D eigenvalue weighted by atomic mass is 10.1. The first kappa shape index (κ1) is 12.2. The number of nitrogen functional groups attached to an aromatic ring is 1. The summed E-state index contributed by atoms with van der Waals surface area (Å²) in [6, 6.07) is 5.24. The normalized spacial score (nSPS) is 10.3. The molecule has 0 bridgehead atoms. The number of rotatable bonds is 3. The summed E-state index contributed by atoms with van der Waals surface area (Å²) in [5, 5.41) is 0.782. The molecule has 0 aliphatic rings. The Bertz CT molecular complexity index is 596. The van der Waals surface area contributed by atoms with Gasteiger partial charge in [-0.25, -0.2) is 4.79 Å². The first-order valence-corrected chi connectivity index (χ1v) is 5.57. The van der Waals surface area contributed by atoms with Crippen LogP contribution in [0.5, 0.6) is 5.75 Å². The molecule has 0 saturated carbocycles. The van der Waals surface area contributed by atoms with Crippen molar-refractivity contribution in [3.05, 3.63) is 30.0 Å². The molecule has 0 aliphatic carbocycles. The molecule has 2 rings (SSSR count). The number of fused-ring (bicyclic) bond motifs is 1. The molecule has 0 amide bonds. The summed E-state index contributed by atoms with van der Waals surface area (Å²) in [6.45, 7) is 2.37. The Morgan fingerprint density at radius 1 is 1.50 bits per heavy atom. The molecule has 1 heterocycles. The van der Waals surface area contributed by atoms with Crippen molar-refractivity contribution < 1.29 is 14.3 Å². The molecule has 0 aliphatic heterocycles. The van der Waals surface area contributed by atoms with Gasteiger partial charge in [0, 0.05) is 11.6 Å². The van der Waals surface area contributed by atoms with E-state index in [1.807, 2.05) is 13.0 Å². The van der Waals surface area contributed by atoms with E-state index in [1.54, 1.807) is 18.3 Å². The van der Waals surface area contributed by atoms with Crippen LogP contribution in [0.4, 0.5) is 5.69 Å². The van der Waals surface area contributed by atoms with E-state index in [9.17, 15) is 4.79 Å². The summed E-state index contributed by atoms with van der Waals surface area (Å²) < 4.78 is 10.2. The van der Waals surface area contributed by atoms with Crippen molar-refractivity contribution in [1.29, 1.82) is 0 Å². The van der Waals surface area contributed by atoms with E-state index in [2.05, 4.69) is 4.98 Å². The van der Waals surface area contributed by atoms with E-state index in [-0.39, 0.29) is 5.56 Å². The topological polar surface area (TPSA) is 74.4 Å². The third-order valence-corrected chi connectivity index (χ3v) is 2.60. The molecule has 0 saturated heterocycles. The number of hydrogen-bond donors (Lipinski definition) is 1. The van der Waals surface area contributed by atoms with Crippen LogP contribution < -0.4 is 10.5 Å². The van der Waals surface area contributed by atoms with Gasteiger partial charge >= 0.3 is 5.97 Å². The van der Waals surface area contributed by atoms with Crippen LogP contribution in [-0.4, -0.2) is 24.7 Å². The summed E-state index contributed by atoms with van der Waals surface area (Å²) in [5.74, 6) is 0.0798. The monoisotopic (exact) mass is 246 g/mol. The second-order valence-electron chi connectivity index (χ2n) is 3.66. The summed E-state index contributed by atoms with van der Waals surface area (Å²) in [7, 11) is 1.31. The van der Waals surface area contributed by atoms with Crippen molar-refractivity contribution in [2.24, 2.45) is 0 Å². The lowest BCUT2D eigenvalue weighted by Crippen LogP contribution is -2.08. The standard InChI is InChI=1S/C13H14N2O3/c1-3-18-10-7-9(13(16)17-2)11(14)12-8(10)5-4-6-15-12/h4-7H,3,14H2,1-2H3. The molecular formula is C13H14N2O3. The highest BCUT2D eigenvalue weighted by atomic mass is 16.5. The molecule has 1 aromatic heterocycles. The van der Waals surface area contributed by atoms with Gasteiger partial charge in [-0.15, -0.1) is 0 Å². The zero-order valence-electron chi connectivity index (χ0n) is 10.3. The first-order chi connectivity index (χ1) is 8.69. The minimum Gasteiger partial charge on any atom is -0.493 e. The van der Waals surface area contributed by atoms with Crippen molar-refractivity contribution in [3.63, 3.8) is 0 Å². The number of nitrogens with zero attached hydrogens (tertiary/aromatic N) is 1. The van der Waals surface area contributed by atoms with Crippen LogP contribution in [0.15, 0.2) is 24.4 Å². The molecule has 5 heteroatoms. The van der Waals surface area contributed by atoms with Gasteiger partial charge in [0.25, 0.3) is 0 Å². The molecule has 1 aromatic carbocycles. The first-order valence-electron chi connectivity index (χ1n) is 5.57. The Morgan fingerprint density at radius 2 is 2.28 bits per heavy atom. The third kappa shape index (κ3) is 1.95. The molecule has 18 heavy (non-hydrogen) atoms. The van der Waals surface area contributed by atoms with Gasteiger partial charge in [-0.1, -0.05) is 0 Å².